The Balaban J connectivity index is 2.13. The van der Waals surface area contributed by atoms with Gasteiger partial charge in [-0.15, -0.1) is 0 Å². The van der Waals surface area contributed by atoms with E-state index in [1.807, 2.05) is 26.0 Å². The van der Waals surface area contributed by atoms with Gasteiger partial charge in [0.2, 0.25) is 5.91 Å². The van der Waals surface area contributed by atoms with Crippen LogP contribution in [-0.4, -0.2) is 23.0 Å². The van der Waals surface area contributed by atoms with Gasteiger partial charge < -0.3 is 10.6 Å². The lowest BCUT2D eigenvalue weighted by molar-refractivity contribution is -0.121. The standard InChI is InChI=1S/C12H16BrN3O/c1-8-9(4-5-10(13)15-8)16-11(17)12(2)6-3-7-14-12/h4-5,14H,3,6-7H2,1-2H3,(H,16,17). The van der Waals surface area contributed by atoms with Gasteiger partial charge >= 0.3 is 0 Å². The van der Waals surface area contributed by atoms with Crippen LogP contribution in [-0.2, 0) is 4.79 Å². The van der Waals surface area contributed by atoms with Crippen LogP contribution < -0.4 is 10.6 Å². The molecule has 2 rings (SSSR count). The highest BCUT2D eigenvalue weighted by Gasteiger charge is 2.35. The number of rotatable bonds is 2. The van der Waals surface area contributed by atoms with Crippen molar-refractivity contribution in [2.24, 2.45) is 0 Å². The zero-order chi connectivity index (χ0) is 12.5. The maximum atomic E-state index is 12.2. The van der Waals surface area contributed by atoms with Crippen LogP contribution in [0.25, 0.3) is 0 Å². The molecule has 1 aromatic rings. The van der Waals surface area contributed by atoms with Crippen LogP contribution >= 0.6 is 15.9 Å². The monoisotopic (exact) mass is 297 g/mol. The van der Waals surface area contributed by atoms with Gasteiger partial charge in [0.1, 0.15) is 4.60 Å². The Morgan fingerprint density at radius 1 is 1.59 bits per heavy atom. The summed E-state index contributed by atoms with van der Waals surface area (Å²) in [5.41, 5.74) is 1.14. The third kappa shape index (κ3) is 2.66. The van der Waals surface area contributed by atoms with Crippen molar-refractivity contribution in [3.8, 4) is 0 Å². The Morgan fingerprint density at radius 3 is 2.94 bits per heavy atom. The number of nitrogens with one attached hydrogen (secondary N) is 2. The maximum Gasteiger partial charge on any atom is 0.244 e. The second kappa shape index (κ2) is 4.74. The maximum absolute atomic E-state index is 12.2. The summed E-state index contributed by atoms with van der Waals surface area (Å²) in [6.07, 6.45) is 1.92. The van der Waals surface area contributed by atoms with Gasteiger partial charge in [-0.3, -0.25) is 4.79 Å². The van der Waals surface area contributed by atoms with Crippen molar-refractivity contribution < 1.29 is 4.79 Å². The Bertz CT molecular complexity index is 441. The molecule has 17 heavy (non-hydrogen) atoms. The van der Waals surface area contributed by atoms with E-state index < -0.39 is 5.54 Å². The lowest BCUT2D eigenvalue weighted by atomic mass is 9.99. The summed E-state index contributed by atoms with van der Waals surface area (Å²) in [4.78, 5) is 16.4. The molecule has 0 saturated carbocycles. The Labute approximate surface area is 109 Å². The first-order valence-corrected chi connectivity index (χ1v) is 6.50. The smallest absolute Gasteiger partial charge is 0.244 e. The molecule has 1 unspecified atom stereocenters. The normalized spacial score (nSPS) is 23.7. The fourth-order valence-electron chi connectivity index (χ4n) is 2.01. The van der Waals surface area contributed by atoms with Gasteiger partial charge in [-0.1, -0.05) is 0 Å². The van der Waals surface area contributed by atoms with Crippen LogP contribution in [0.3, 0.4) is 0 Å². The predicted octanol–water partition coefficient (Wildman–Crippen LogP) is 2.23. The second-order valence-electron chi connectivity index (χ2n) is 4.58. The molecule has 0 radical (unpaired) electrons. The number of anilines is 1. The third-order valence-electron chi connectivity index (χ3n) is 3.17. The predicted molar refractivity (Wildman–Crippen MR) is 70.9 cm³/mol. The van der Waals surface area contributed by atoms with E-state index in [-0.39, 0.29) is 5.91 Å². The lowest BCUT2D eigenvalue weighted by Crippen LogP contribution is -2.48. The molecule has 1 fully saturated rings. The molecule has 1 amide bonds. The highest BCUT2D eigenvalue weighted by molar-refractivity contribution is 9.10. The molecule has 0 bridgehead atoms. The van der Waals surface area contributed by atoms with Gasteiger partial charge in [-0.25, -0.2) is 4.98 Å². The minimum absolute atomic E-state index is 0.0159. The number of pyridine rings is 1. The molecule has 2 N–H and O–H groups in total. The number of hydrogen-bond acceptors (Lipinski definition) is 3. The number of carbonyl (C=O) groups is 1. The zero-order valence-corrected chi connectivity index (χ0v) is 11.6. The first-order valence-electron chi connectivity index (χ1n) is 5.71. The van der Waals surface area contributed by atoms with E-state index >= 15 is 0 Å². The van der Waals surface area contributed by atoms with E-state index in [4.69, 9.17) is 0 Å². The quantitative estimate of drug-likeness (QED) is 0.823. The van der Waals surface area contributed by atoms with Crippen molar-refractivity contribution in [1.82, 2.24) is 10.3 Å². The van der Waals surface area contributed by atoms with Crippen molar-refractivity contribution in [2.75, 3.05) is 11.9 Å². The summed E-state index contributed by atoms with van der Waals surface area (Å²) < 4.78 is 0.776. The SMILES string of the molecule is Cc1nc(Br)ccc1NC(=O)C1(C)CCCN1. The molecular weight excluding hydrogens is 282 g/mol. The van der Waals surface area contributed by atoms with Crippen LogP contribution in [0.5, 0.6) is 0 Å². The van der Waals surface area contributed by atoms with Gasteiger partial charge in [-0.2, -0.15) is 0 Å². The molecule has 2 heterocycles. The van der Waals surface area contributed by atoms with E-state index in [1.54, 1.807) is 0 Å². The van der Waals surface area contributed by atoms with Gasteiger partial charge in [0.25, 0.3) is 0 Å². The van der Waals surface area contributed by atoms with Crippen molar-refractivity contribution in [2.45, 2.75) is 32.2 Å². The topological polar surface area (TPSA) is 54.0 Å². The molecule has 1 aliphatic rings. The van der Waals surface area contributed by atoms with E-state index in [9.17, 15) is 4.79 Å². The van der Waals surface area contributed by atoms with Crippen LogP contribution in [0.1, 0.15) is 25.5 Å². The van der Waals surface area contributed by atoms with Crippen molar-refractivity contribution >= 4 is 27.5 Å². The zero-order valence-electron chi connectivity index (χ0n) is 10.0. The van der Waals surface area contributed by atoms with E-state index in [1.165, 1.54) is 0 Å². The van der Waals surface area contributed by atoms with Crippen LogP contribution in [0.15, 0.2) is 16.7 Å². The molecule has 0 spiro atoms. The number of aryl methyl sites for hydroxylation is 1. The number of hydrogen-bond donors (Lipinski definition) is 2. The van der Waals surface area contributed by atoms with E-state index in [0.29, 0.717) is 0 Å². The average molecular weight is 298 g/mol. The molecule has 0 aliphatic carbocycles. The number of amides is 1. The Hall–Kier alpha value is -0.940. The van der Waals surface area contributed by atoms with Crippen LogP contribution in [0.2, 0.25) is 0 Å². The van der Waals surface area contributed by atoms with E-state index in [0.717, 1.165) is 35.4 Å². The average Bonchev–Trinajstić information content (AvgIpc) is 2.71. The summed E-state index contributed by atoms with van der Waals surface area (Å²) in [6.45, 7) is 4.73. The highest BCUT2D eigenvalue weighted by atomic mass is 79.9. The summed E-state index contributed by atoms with van der Waals surface area (Å²) in [5, 5.41) is 6.18. The molecule has 92 valence electrons. The fourth-order valence-corrected chi connectivity index (χ4v) is 2.41. The first kappa shape index (κ1) is 12.5. The molecule has 1 aromatic heterocycles. The molecule has 0 aromatic carbocycles. The van der Waals surface area contributed by atoms with Crippen LogP contribution in [0.4, 0.5) is 5.69 Å². The summed E-state index contributed by atoms with van der Waals surface area (Å²) in [7, 11) is 0. The minimum Gasteiger partial charge on any atom is -0.323 e. The number of aromatic nitrogens is 1. The molecule has 1 aliphatic heterocycles. The fraction of sp³-hybridized carbons (Fsp3) is 0.500. The molecule has 4 nitrogen and oxygen atoms in total. The minimum atomic E-state index is -0.445. The first-order chi connectivity index (χ1) is 8.01. The van der Waals surface area contributed by atoms with Crippen LogP contribution in [0, 0.1) is 6.92 Å². The molecule has 5 heteroatoms. The van der Waals surface area contributed by atoms with Gasteiger partial charge in [-0.05, 0) is 61.3 Å². The third-order valence-corrected chi connectivity index (χ3v) is 3.61. The second-order valence-corrected chi connectivity index (χ2v) is 5.40. The molecular formula is C12H16BrN3O. The van der Waals surface area contributed by atoms with Crippen molar-refractivity contribution in [3.05, 3.63) is 22.4 Å². The van der Waals surface area contributed by atoms with Gasteiger partial charge in [0, 0.05) is 0 Å². The van der Waals surface area contributed by atoms with Gasteiger partial charge in [0.05, 0.1) is 16.9 Å². The largest absolute Gasteiger partial charge is 0.323 e. The summed E-state index contributed by atoms with van der Waals surface area (Å²) in [6, 6.07) is 3.69. The van der Waals surface area contributed by atoms with Gasteiger partial charge in [0.15, 0.2) is 0 Å². The Morgan fingerprint density at radius 2 is 2.35 bits per heavy atom. The number of halogens is 1. The van der Waals surface area contributed by atoms with Crippen molar-refractivity contribution in [1.29, 1.82) is 0 Å². The molecule has 1 saturated heterocycles. The summed E-state index contributed by atoms with van der Waals surface area (Å²) in [5.74, 6) is 0.0159. The molecule has 1 atom stereocenters. The number of nitrogens with zero attached hydrogens (tertiary/aromatic N) is 1. The lowest BCUT2D eigenvalue weighted by Gasteiger charge is -2.23. The number of carbonyl (C=O) groups excluding carboxylic acids is 1. The van der Waals surface area contributed by atoms with Crippen molar-refractivity contribution in [3.63, 3.8) is 0 Å². The van der Waals surface area contributed by atoms with E-state index in [2.05, 4.69) is 31.5 Å². The summed E-state index contributed by atoms with van der Waals surface area (Å²) >= 11 is 3.30. The Kier molecular flexibility index (Phi) is 3.49. The highest BCUT2D eigenvalue weighted by Crippen LogP contribution is 2.22.